The number of rotatable bonds is 1. The highest BCUT2D eigenvalue weighted by atomic mass is 35.5. The Balaban J connectivity index is 1.76. The molecule has 0 unspecified atom stereocenters. The second-order valence-corrected chi connectivity index (χ2v) is 5.76. The van der Waals surface area contributed by atoms with Crippen molar-refractivity contribution in [3.63, 3.8) is 0 Å². The zero-order chi connectivity index (χ0) is 15.1. The first-order valence-corrected chi connectivity index (χ1v) is 7.50. The van der Waals surface area contributed by atoms with Gasteiger partial charge in [-0.15, -0.1) is 0 Å². The van der Waals surface area contributed by atoms with Crippen molar-refractivity contribution in [3.8, 4) is 34.1 Å². The Bertz CT molecular complexity index is 860. The van der Waals surface area contributed by atoms with Crippen molar-refractivity contribution in [3.05, 3.63) is 70.7 Å². The summed E-state index contributed by atoms with van der Waals surface area (Å²) in [6, 6.07) is 19.3. The van der Waals surface area contributed by atoms with Crippen LogP contribution in [0.1, 0.15) is 0 Å². The first-order chi connectivity index (χ1) is 10.7. The molecule has 0 spiro atoms. The highest BCUT2D eigenvalue weighted by molar-refractivity contribution is 6.42. The Kier molecular flexibility index (Phi) is 3.21. The van der Waals surface area contributed by atoms with Gasteiger partial charge in [-0.25, -0.2) is 0 Å². The fourth-order valence-electron chi connectivity index (χ4n) is 2.39. The molecular weight excluding hydrogens is 319 g/mol. The molecule has 22 heavy (non-hydrogen) atoms. The molecule has 2 nitrogen and oxygen atoms in total. The number of ether oxygens (including phenoxy) is 2. The lowest BCUT2D eigenvalue weighted by Crippen LogP contribution is -1.99. The molecule has 4 rings (SSSR count). The Labute approximate surface area is 137 Å². The molecular formula is C18H10Cl2O2. The molecule has 1 aliphatic heterocycles. The van der Waals surface area contributed by atoms with Crippen molar-refractivity contribution in [2.75, 3.05) is 0 Å². The van der Waals surface area contributed by atoms with Crippen LogP contribution in [-0.2, 0) is 0 Å². The molecule has 0 saturated carbocycles. The van der Waals surface area contributed by atoms with Crippen molar-refractivity contribution in [2.24, 2.45) is 0 Å². The SMILES string of the molecule is Clc1cc2c(cc1Cl)Oc1cc(-c3ccccc3)ccc1O2. The zero-order valence-corrected chi connectivity index (χ0v) is 12.9. The minimum Gasteiger partial charge on any atom is -0.449 e. The van der Waals surface area contributed by atoms with Crippen molar-refractivity contribution in [1.82, 2.24) is 0 Å². The molecule has 0 amide bonds. The van der Waals surface area contributed by atoms with Crippen LogP contribution in [-0.4, -0.2) is 0 Å². The van der Waals surface area contributed by atoms with Crippen molar-refractivity contribution in [1.29, 1.82) is 0 Å². The molecule has 0 bridgehead atoms. The van der Waals surface area contributed by atoms with E-state index in [1.165, 1.54) is 0 Å². The van der Waals surface area contributed by atoms with Crippen LogP contribution in [0.15, 0.2) is 60.7 Å². The fraction of sp³-hybridized carbons (Fsp3) is 0. The van der Waals surface area contributed by atoms with E-state index >= 15 is 0 Å². The van der Waals surface area contributed by atoms with Gasteiger partial charge in [-0.1, -0.05) is 59.6 Å². The van der Waals surface area contributed by atoms with Gasteiger partial charge in [0.25, 0.3) is 0 Å². The molecule has 0 N–H and O–H groups in total. The number of hydrogen-bond acceptors (Lipinski definition) is 2. The summed E-state index contributed by atoms with van der Waals surface area (Å²) >= 11 is 12.0. The van der Waals surface area contributed by atoms with Gasteiger partial charge >= 0.3 is 0 Å². The topological polar surface area (TPSA) is 18.5 Å². The third-order valence-corrected chi connectivity index (χ3v) is 4.20. The summed E-state index contributed by atoms with van der Waals surface area (Å²) in [6.45, 7) is 0. The standard InChI is InChI=1S/C18H10Cl2O2/c19-13-9-17-18(10-14(13)20)22-16-8-12(6-7-15(16)21-17)11-4-2-1-3-5-11/h1-10H. The zero-order valence-electron chi connectivity index (χ0n) is 11.3. The van der Waals surface area contributed by atoms with Gasteiger partial charge in [-0.3, -0.25) is 0 Å². The largest absolute Gasteiger partial charge is 0.449 e. The van der Waals surface area contributed by atoms with Crippen LogP contribution in [0.5, 0.6) is 23.0 Å². The van der Waals surface area contributed by atoms with Gasteiger partial charge in [0.2, 0.25) is 0 Å². The minimum absolute atomic E-state index is 0.437. The Morgan fingerprint density at radius 1 is 0.545 bits per heavy atom. The first-order valence-electron chi connectivity index (χ1n) is 6.75. The Hall–Kier alpha value is -2.16. The average molecular weight is 329 g/mol. The normalized spacial score (nSPS) is 11.9. The van der Waals surface area contributed by atoms with Gasteiger partial charge in [0.15, 0.2) is 23.0 Å². The minimum atomic E-state index is 0.437. The van der Waals surface area contributed by atoms with Crippen molar-refractivity contribution in [2.45, 2.75) is 0 Å². The average Bonchev–Trinajstić information content (AvgIpc) is 2.55. The van der Waals surface area contributed by atoms with E-state index in [1.807, 2.05) is 36.4 Å². The summed E-state index contributed by atoms with van der Waals surface area (Å²) in [5.74, 6) is 2.44. The number of benzene rings is 3. The summed E-state index contributed by atoms with van der Waals surface area (Å²) in [6.07, 6.45) is 0. The van der Waals surface area contributed by atoms with Gasteiger partial charge in [0.1, 0.15) is 0 Å². The third kappa shape index (κ3) is 2.31. The number of hydrogen-bond donors (Lipinski definition) is 0. The maximum atomic E-state index is 6.03. The van der Waals surface area contributed by atoms with Crippen LogP contribution in [0.2, 0.25) is 10.0 Å². The van der Waals surface area contributed by atoms with Crippen LogP contribution >= 0.6 is 23.2 Å². The molecule has 3 aromatic carbocycles. The van der Waals surface area contributed by atoms with Gasteiger partial charge < -0.3 is 9.47 Å². The van der Waals surface area contributed by atoms with Crippen LogP contribution < -0.4 is 9.47 Å². The number of fused-ring (bicyclic) bond motifs is 2. The van der Waals surface area contributed by atoms with Crippen LogP contribution in [0, 0.1) is 0 Å². The monoisotopic (exact) mass is 328 g/mol. The van der Waals surface area contributed by atoms with E-state index in [1.54, 1.807) is 12.1 Å². The highest BCUT2D eigenvalue weighted by Crippen LogP contribution is 2.48. The Morgan fingerprint density at radius 2 is 1.14 bits per heavy atom. The second kappa shape index (κ2) is 5.24. The molecule has 0 aromatic heterocycles. The summed E-state index contributed by atoms with van der Waals surface area (Å²) < 4.78 is 11.7. The summed E-state index contributed by atoms with van der Waals surface area (Å²) in [5.41, 5.74) is 2.18. The van der Waals surface area contributed by atoms with E-state index in [0.717, 1.165) is 11.1 Å². The van der Waals surface area contributed by atoms with Gasteiger partial charge in [0.05, 0.1) is 10.0 Å². The molecule has 3 aromatic rings. The van der Waals surface area contributed by atoms with E-state index in [4.69, 9.17) is 32.7 Å². The lowest BCUT2D eigenvalue weighted by atomic mass is 10.1. The molecule has 1 aliphatic rings. The Morgan fingerprint density at radius 3 is 1.82 bits per heavy atom. The first kappa shape index (κ1) is 13.5. The molecule has 0 radical (unpaired) electrons. The molecule has 108 valence electrons. The van der Waals surface area contributed by atoms with E-state index in [0.29, 0.717) is 33.0 Å². The predicted octanol–water partition coefficient (Wildman–Crippen LogP) is 6.56. The molecule has 0 aliphatic carbocycles. The van der Waals surface area contributed by atoms with Crippen LogP contribution in [0.25, 0.3) is 11.1 Å². The molecule has 0 atom stereocenters. The maximum absolute atomic E-state index is 6.03. The van der Waals surface area contributed by atoms with E-state index in [-0.39, 0.29) is 0 Å². The quantitative estimate of drug-likeness (QED) is 0.394. The van der Waals surface area contributed by atoms with E-state index in [9.17, 15) is 0 Å². The van der Waals surface area contributed by atoms with Gasteiger partial charge in [-0.05, 0) is 23.3 Å². The predicted molar refractivity (Wildman–Crippen MR) is 88.5 cm³/mol. The lowest BCUT2D eigenvalue weighted by molar-refractivity contribution is 0.360. The van der Waals surface area contributed by atoms with E-state index < -0.39 is 0 Å². The summed E-state index contributed by atoms with van der Waals surface area (Å²) in [5, 5.41) is 0.875. The maximum Gasteiger partial charge on any atom is 0.171 e. The highest BCUT2D eigenvalue weighted by Gasteiger charge is 2.21. The second-order valence-electron chi connectivity index (χ2n) is 4.94. The van der Waals surface area contributed by atoms with Gasteiger partial charge in [-0.2, -0.15) is 0 Å². The number of halogens is 2. The molecule has 0 saturated heterocycles. The van der Waals surface area contributed by atoms with Gasteiger partial charge in [0, 0.05) is 12.1 Å². The smallest absolute Gasteiger partial charge is 0.171 e. The summed E-state index contributed by atoms with van der Waals surface area (Å²) in [7, 11) is 0. The molecule has 0 fully saturated rings. The van der Waals surface area contributed by atoms with E-state index in [2.05, 4.69) is 12.1 Å². The molecule has 1 heterocycles. The summed E-state index contributed by atoms with van der Waals surface area (Å²) in [4.78, 5) is 0. The molecule has 4 heteroatoms. The lowest BCUT2D eigenvalue weighted by Gasteiger charge is -2.21. The van der Waals surface area contributed by atoms with Crippen LogP contribution in [0.3, 0.4) is 0 Å². The fourth-order valence-corrected chi connectivity index (χ4v) is 2.70. The van der Waals surface area contributed by atoms with Crippen LogP contribution in [0.4, 0.5) is 0 Å². The van der Waals surface area contributed by atoms with Crippen molar-refractivity contribution >= 4 is 23.2 Å². The third-order valence-electron chi connectivity index (χ3n) is 3.48. The van der Waals surface area contributed by atoms with Crippen molar-refractivity contribution < 1.29 is 9.47 Å².